The first-order valence-electron chi connectivity index (χ1n) is 7.47. The van der Waals surface area contributed by atoms with E-state index in [0.29, 0.717) is 5.02 Å². The molecule has 0 amide bonds. The van der Waals surface area contributed by atoms with Crippen molar-refractivity contribution in [1.82, 2.24) is 20.4 Å². The third kappa shape index (κ3) is 6.56. The maximum atomic E-state index is 6.23. The Labute approximate surface area is 164 Å². The average molecular weight is 464 g/mol. The zero-order valence-electron chi connectivity index (χ0n) is 13.8. The minimum atomic E-state index is 0. The summed E-state index contributed by atoms with van der Waals surface area (Å²) < 4.78 is 7.02. The van der Waals surface area contributed by atoms with Gasteiger partial charge in [-0.25, -0.2) is 0 Å². The highest BCUT2D eigenvalue weighted by Gasteiger charge is 2.03. The fourth-order valence-electron chi connectivity index (χ4n) is 2.12. The normalized spacial score (nSPS) is 10.9. The molecule has 1 aromatic carbocycles. The van der Waals surface area contributed by atoms with Crippen LogP contribution in [0, 0.1) is 0 Å². The molecule has 0 aliphatic rings. The number of aromatic nitrogens is 2. The average Bonchev–Trinajstić information content (AvgIpc) is 3.08. The van der Waals surface area contributed by atoms with Gasteiger partial charge in [-0.1, -0.05) is 17.7 Å². The first kappa shape index (κ1) is 20.6. The highest BCUT2D eigenvalue weighted by atomic mass is 127. The van der Waals surface area contributed by atoms with Gasteiger partial charge in [0.25, 0.3) is 0 Å². The molecule has 132 valence electrons. The van der Waals surface area contributed by atoms with E-state index in [4.69, 9.17) is 16.3 Å². The summed E-state index contributed by atoms with van der Waals surface area (Å²) in [5, 5.41) is 11.4. The van der Waals surface area contributed by atoms with Crippen LogP contribution >= 0.6 is 35.6 Å². The van der Waals surface area contributed by atoms with Crippen LogP contribution in [0.15, 0.2) is 41.7 Å². The van der Waals surface area contributed by atoms with Crippen LogP contribution in [0.2, 0.25) is 5.02 Å². The maximum absolute atomic E-state index is 6.23. The van der Waals surface area contributed by atoms with Crippen molar-refractivity contribution < 1.29 is 4.74 Å². The smallest absolute Gasteiger partial charge is 0.191 e. The lowest BCUT2D eigenvalue weighted by Gasteiger charge is -2.12. The highest BCUT2D eigenvalue weighted by Crippen LogP contribution is 2.22. The van der Waals surface area contributed by atoms with Crippen molar-refractivity contribution in [3.05, 3.63) is 47.2 Å². The molecule has 0 atom stereocenters. The second-order valence-corrected chi connectivity index (χ2v) is 5.31. The number of methoxy groups -OCH3 is 1. The molecule has 0 radical (unpaired) electrons. The van der Waals surface area contributed by atoms with Gasteiger partial charge in [-0.3, -0.25) is 9.67 Å². The summed E-state index contributed by atoms with van der Waals surface area (Å²) in [5.74, 6) is 1.53. The first-order chi connectivity index (χ1) is 11.2. The summed E-state index contributed by atoms with van der Waals surface area (Å²) >= 11 is 6.23. The van der Waals surface area contributed by atoms with Crippen molar-refractivity contribution in [2.75, 3.05) is 27.2 Å². The molecule has 2 N–H and O–H groups in total. The Hall–Kier alpha value is -1.48. The molecule has 0 saturated carbocycles. The van der Waals surface area contributed by atoms with Crippen LogP contribution in [0.5, 0.6) is 5.75 Å². The number of hydrogen-bond acceptors (Lipinski definition) is 3. The number of hydrogen-bond donors (Lipinski definition) is 2. The van der Waals surface area contributed by atoms with E-state index < -0.39 is 0 Å². The Bertz CT molecular complexity index is 633. The third-order valence-electron chi connectivity index (χ3n) is 3.36. The van der Waals surface area contributed by atoms with Crippen LogP contribution < -0.4 is 15.4 Å². The predicted molar refractivity (Wildman–Crippen MR) is 109 cm³/mol. The molecule has 0 aliphatic heterocycles. The Balaban J connectivity index is 0.00000288. The van der Waals surface area contributed by atoms with Gasteiger partial charge in [-0.05, 0) is 30.2 Å². The van der Waals surface area contributed by atoms with E-state index in [1.54, 1.807) is 20.4 Å². The number of rotatable bonds is 7. The molecule has 2 aromatic rings. The van der Waals surface area contributed by atoms with E-state index in [1.807, 2.05) is 35.1 Å². The topological polar surface area (TPSA) is 63.5 Å². The summed E-state index contributed by atoms with van der Waals surface area (Å²) in [7, 11) is 3.38. The summed E-state index contributed by atoms with van der Waals surface area (Å²) in [6, 6.07) is 7.63. The molecule has 2 rings (SSSR count). The second-order valence-electron chi connectivity index (χ2n) is 4.90. The van der Waals surface area contributed by atoms with Gasteiger partial charge in [-0.15, -0.1) is 24.0 Å². The van der Waals surface area contributed by atoms with Crippen molar-refractivity contribution in [3.63, 3.8) is 0 Å². The van der Waals surface area contributed by atoms with Crippen molar-refractivity contribution in [1.29, 1.82) is 0 Å². The van der Waals surface area contributed by atoms with Crippen molar-refractivity contribution in [2.24, 2.45) is 4.99 Å². The fourth-order valence-corrected chi connectivity index (χ4v) is 2.38. The van der Waals surface area contributed by atoms with Gasteiger partial charge in [0.1, 0.15) is 5.75 Å². The summed E-state index contributed by atoms with van der Waals surface area (Å²) in [6.07, 6.45) is 4.51. The van der Waals surface area contributed by atoms with Gasteiger partial charge in [0.15, 0.2) is 5.96 Å². The lowest BCUT2D eigenvalue weighted by Crippen LogP contribution is -2.39. The van der Waals surface area contributed by atoms with Gasteiger partial charge in [0.2, 0.25) is 0 Å². The molecule has 0 bridgehead atoms. The largest absolute Gasteiger partial charge is 0.497 e. The van der Waals surface area contributed by atoms with Crippen molar-refractivity contribution >= 4 is 41.5 Å². The number of halogens is 2. The van der Waals surface area contributed by atoms with E-state index in [-0.39, 0.29) is 24.0 Å². The molecule has 1 aromatic heterocycles. The van der Waals surface area contributed by atoms with E-state index in [0.717, 1.165) is 43.3 Å². The molecule has 0 unspecified atom stereocenters. The molecule has 8 heteroatoms. The quantitative estimate of drug-likeness (QED) is 0.376. The molecule has 0 fully saturated rings. The van der Waals surface area contributed by atoms with Crippen LogP contribution in [-0.4, -0.2) is 43.0 Å². The Kier molecular flexibility index (Phi) is 9.55. The molecule has 6 nitrogen and oxygen atoms in total. The molecule has 1 heterocycles. The van der Waals surface area contributed by atoms with Crippen LogP contribution in [-0.2, 0) is 13.0 Å². The standard InChI is InChI=1S/C16H22ClN5O.HI/c1-18-16(20-9-11-22-10-3-7-21-22)19-8-6-13-4-5-14(23-2)12-15(13)17;/h3-5,7,10,12H,6,8-9,11H2,1-2H3,(H2,18,19,20);1H. The fraction of sp³-hybridized carbons (Fsp3) is 0.375. The molecule has 0 aliphatic carbocycles. The molecular weight excluding hydrogens is 441 g/mol. The number of nitrogens with zero attached hydrogens (tertiary/aromatic N) is 3. The first-order valence-corrected chi connectivity index (χ1v) is 7.85. The minimum absolute atomic E-state index is 0. The SMILES string of the molecule is CN=C(NCCc1ccc(OC)cc1Cl)NCCn1cccn1.I. The van der Waals surface area contributed by atoms with Gasteiger partial charge in [-0.2, -0.15) is 5.10 Å². The molecule has 24 heavy (non-hydrogen) atoms. The van der Waals surface area contributed by atoms with Gasteiger partial charge in [0.05, 0.1) is 13.7 Å². The Morgan fingerprint density at radius 3 is 2.75 bits per heavy atom. The molecule has 0 spiro atoms. The monoisotopic (exact) mass is 463 g/mol. The van der Waals surface area contributed by atoms with Gasteiger partial charge >= 0.3 is 0 Å². The number of nitrogens with one attached hydrogen (secondary N) is 2. The Morgan fingerprint density at radius 1 is 1.33 bits per heavy atom. The summed E-state index contributed by atoms with van der Waals surface area (Å²) in [5.41, 5.74) is 1.08. The number of benzene rings is 1. The lowest BCUT2D eigenvalue weighted by atomic mass is 10.1. The van der Waals surface area contributed by atoms with Crippen LogP contribution in [0.3, 0.4) is 0 Å². The van der Waals surface area contributed by atoms with Crippen LogP contribution in [0.25, 0.3) is 0 Å². The van der Waals surface area contributed by atoms with Crippen LogP contribution in [0.1, 0.15) is 5.56 Å². The third-order valence-corrected chi connectivity index (χ3v) is 3.72. The summed E-state index contributed by atoms with van der Waals surface area (Å²) in [6.45, 7) is 2.29. The highest BCUT2D eigenvalue weighted by molar-refractivity contribution is 14.0. The zero-order valence-corrected chi connectivity index (χ0v) is 16.9. The van der Waals surface area contributed by atoms with Crippen molar-refractivity contribution in [3.8, 4) is 5.75 Å². The van der Waals surface area contributed by atoms with Gasteiger partial charge < -0.3 is 15.4 Å². The van der Waals surface area contributed by atoms with Gasteiger partial charge in [0, 0.05) is 37.6 Å². The summed E-state index contributed by atoms with van der Waals surface area (Å²) in [4.78, 5) is 4.20. The molecular formula is C16H23ClIN5O. The maximum Gasteiger partial charge on any atom is 0.191 e. The van der Waals surface area contributed by atoms with Crippen LogP contribution in [0.4, 0.5) is 0 Å². The minimum Gasteiger partial charge on any atom is -0.497 e. The van der Waals surface area contributed by atoms with E-state index in [9.17, 15) is 0 Å². The number of guanidine groups is 1. The van der Waals surface area contributed by atoms with E-state index in [2.05, 4.69) is 20.7 Å². The predicted octanol–water partition coefficient (Wildman–Crippen LogP) is 2.57. The van der Waals surface area contributed by atoms with E-state index in [1.165, 1.54) is 0 Å². The Morgan fingerprint density at radius 2 is 2.12 bits per heavy atom. The lowest BCUT2D eigenvalue weighted by molar-refractivity contribution is 0.414. The molecule has 0 saturated heterocycles. The van der Waals surface area contributed by atoms with Crippen molar-refractivity contribution in [2.45, 2.75) is 13.0 Å². The zero-order chi connectivity index (χ0) is 16.5. The number of ether oxygens (including phenoxy) is 1. The second kappa shape index (κ2) is 11.1. The van der Waals surface area contributed by atoms with E-state index >= 15 is 0 Å². The number of aliphatic imine (C=N–C) groups is 1.